The van der Waals surface area contributed by atoms with E-state index in [9.17, 15) is 0 Å². The summed E-state index contributed by atoms with van der Waals surface area (Å²) in [6.07, 6.45) is 10.2. The van der Waals surface area contributed by atoms with Gasteiger partial charge in [-0.1, -0.05) is 24.3 Å². The number of aromatic amines is 1. The third kappa shape index (κ3) is 3.32. The fourth-order valence-electron chi connectivity index (χ4n) is 1.06. The average Bonchev–Trinajstić information content (AvgIpc) is 2.36. The number of rotatable bonds is 2. The molecule has 1 nitrogen and oxygen atoms in total. The van der Waals surface area contributed by atoms with Gasteiger partial charge in [0.05, 0.1) is 0 Å². The molecule has 0 aliphatic carbocycles. The van der Waals surface area contributed by atoms with Crippen molar-refractivity contribution in [3.8, 4) is 0 Å². The molecule has 0 radical (unpaired) electrons. The largest absolute Gasteiger partial charge is 0.364 e. The summed E-state index contributed by atoms with van der Waals surface area (Å²) in [7, 11) is 0. The van der Waals surface area contributed by atoms with Gasteiger partial charge in [-0.05, 0) is 31.9 Å². The first-order valence-electron chi connectivity index (χ1n) is 4.19. The molecule has 0 aliphatic heterocycles. The second kappa shape index (κ2) is 5.93. The SMILES string of the molecule is CC=CC=Cc1c[nH]c(C)c1C.[Ru]. The van der Waals surface area contributed by atoms with E-state index in [0.717, 1.165) is 0 Å². The van der Waals surface area contributed by atoms with Crippen LogP contribution in [0.15, 0.2) is 24.4 Å². The molecule has 0 saturated heterocycles. The number of hydrogen-bond acceptors (Lipinski definition) is 0. The van der Waals surface area contributed by atoms with E-state index in [2.05, 4.69) is 31.0 Å². The van der Waals surface area contributed by atoms with E-state index in [1.54, 1.807) is 0 Å². The summed E-state index contributed by atoms with van der Waals surface area (Å²) < 4.78 is 0. The second-order valence-electron chi connectivity index (χ2n) is 2.88. The van der Waals surface area contributed by atoms with Gasteiger partial charge in [-0.15, -0.1) is 0 Å². The predicted octanol–water partition coefficient (Wildman–Crippen LogP) is 3.22. The number of aryl methyl sites for hydroxylation is 1. The summed E-state index contributed by atoms with van der Waals surface area (Å²) >= 11 is 0. The third-order valence-electron chi connectivity index (χ3n) is 2.02. The molecule has 0 saturated carbocycles. The Hall–Kier alpha value is -0.617. The summed E-state index contributed by atoms with van der Waals surface area (Å²) in [6.45, 7) is 6.23. The average molecular weight is 262 g/mol. The van der Waals surface area contributed by atoms with Crippen LogP contribution in [0.25, 0.3) is 6.08 Å². The van der Waals surface area contributed by atoms with Gasteiger partial charge in [0.15, 0.2) is 0 Å². The van der Waals surface area contributed by atoms with Crippen LogP contribution in [0.5, 0.6) is 0 Å². The molecule has 1 aromatic heterocycles. The van der Waals surface area contributed by atoms with Crippen molar-refractivity contribution in [2.24, 2.45) is 0 Å². The Morgan fingerprint density at radius 3 is 2.38 bits per heavy atom. The van der Waals surface area contributed by atoms with Crippen molar-refractivity contribution in [1.29, 1.82) is 0 Å². The topological polar surface area (TPSA) is 15.8 Å². The Bertz CT molecular complexity index is 308. The molecule has 1 rings (SSSR count). The van der Waals surface area contributed by atoms with Gasteiger partial charge in [0.25, 0.3) is 0 Å². The summed E-state index contributed by atoms with van der Waals surface area (Å²) in [5, 5.41) is 0. The van der Waals surface area contributed by atoms with Crippen LogP contribution in [0, 0.1) is 13.8 Å². The van der Waals surface area contributed by atoms with Gasteiger partial charge in [0.1, 0.15) is 0 Å². The summed E-state index contributed by atoms with van der Waals surface area (Å²) in [5.41, 5.74) is 3.84. The molecule has 0 fully saturated rings. The first kappa shape index (κ1) is 12.4. The van der Waals surface area contributed by atoms with Gasteiger partial charge >= 0.3 is 0 Å². The summed E-state index contributed by atoms with van der Waals surface area (Å²) in [5.74, 6) is 0. The van der Waals surface area contributed by atoms with Crippen molar-refractivity contribution in [3.63, 3.8) is 0 Å². The number of hydrogen-bond donors (Lipinski definition) is 1. The van der Waals surface area contributed by atoms with Crippen LogP contribution in [-0.4, -0.2) is 4.98 Å². The van der Waals surface area contributed by atoms with Crippen LogP contribution in [0.1, 0.15) is 23.7 Å². The number of H-pyrrole nitrogens is 1. The Morgan fingerprint density at radius 1 is 1.23 bits per heavy atom. The minimum absolute atomic E-state index is 0. The standard InChI is InChI=1S/C11H15N.Ru/c1-4-5-6-7-11-8-12-10(3)9(11)2;/h4-8,12H,1-3H3;. The molecule has 0 aromatic carbocycles. The van der Waals surface area contributed by atoms with E-state index >= 15 is 0 Å². The molecule has 0 bridgehead atoms. The minimum atomic E-state index is 0. The monoisotopic (exact) mass is 263 g/mol. The smallest absolute Gasteiger partial charge is 0.0151 e. The van der Waals surface area contributed by atoms with Crippen LogP contribution < -0.4 is 0 Å². The van der Waals surface area contributed by atoms with Gasteiger partial charge in [0.2, 0.25) is 0 Å². The van der Waals surface area contributed by atoms with Gasteiger partial charge in [0, 0.05) is 31.4 Å². The third-order valence-corrected chi connectivity index (χ3v) is 2.02. The van der Waals surface area contributed by atoms with Gasteiger partial charge in [-0.3, -0.25) is 0 Å². The van der Waals surface area contributed by atoms with E-state index in [0.29, 0.717) is 0 Å². The zero-order chi connectivity index (χ0) is 8.97. The molecule has 72 valence electrons. The molecular weight excluding hydrogens is 247 g/mol. The van der Waals surface area contributed by atoms with Gasteiger partial charge in [-0.2, -0.15) is 0 Å². The summed E-state index contributed by atoms with van der Waals surface area (Å²) in [4.78, 5) is 3.19. The molecule has 1 N–H and O–H groups in total. The van der Waals surface area contributed by atoms with Crippen molar-refractivity contribution in [2.45, 2.75) is 20.8 Å². The molecule has 1 aromatic rings. The molecule has 0 unspecified atom stereocenters. The van der Waals surface area contributed by atoms with Crippen molar-refractivity contribution in [1.82, 2.24) is 4.98 Å². The molecule has 2 heteroatoms. The zero-order valence-corrected chi connectivity index (χ0v) is 9.98. The van der Waals surface area contributed by atoms with Crippen LogP contribution in [0.2, 0.25) is 0 Å². The van der Waals surface area contributed by atoms with Crippen LogP contribution >= 0.6 is 0 Å². The first-order chi connectivity index (χ1) is 5.75. The summed E-state index contributed by atoms with van der Waals surface area (Å²) in [6, 6.07) is 0. The molecule has 0 aliphatic rings. The Balaban J connectivity index is 0.00000144. The molecule has 1 heterocycles. The van der Waals surface area contributed by atoms with E-state index in [4.69, 9.17) is 0 Å². The fourth-order valence-corrected chi connectivity index (χ4v) is 1.06. The van der Waals surface area contributed by atoms with E-state index < -0.39 is 0 Å². The van der Waals surface area contributed by atoms with Crippen LogP contribution in [-0.2, 0) is 19.5 Å². The van der Waals surface area contributed by atoms with Crippen molar-refractivity contribution < 1.29 is 19.5 Å². The predicted molar refractivity (Wildman–Crippen MR) is 54.1 cm³/mol. The van der Waals surface area contributed by atoms with Crippen LogP contribution in [0.4, 0.5) is 0 Å². The number of nitrogens with one attached hydrogen (secondary N) is 1. The fraction of sp³-hybridized carbons (Fsp3) is 0.273. The first-order valence-corrected chi connectivity index (χ1v) is 4.19. The number of allylic oxidation sites excluding steroid dienone is 3. The Morgan fingerprint density at radius 2 is 1.92 bits per heavy atom. The minimum Gasteiger partial charge on any atom is -0.364 e. The number of aromatic nitrogens is 1. The van der Waals surface area contributed by atoms with E-state index in [1.807, 2.05) is 25.3 Å². The molecule has 0 spiro atoms. The van der Waals surface area contributed by atoms with Crippen molar-refractivity contribution >= 4 is 6.08 Å². The van der Waals surface area contributed by atoms with Gasteiger partial charge < -0.3 is 4.98 Å². The quantitative estimate of drug-likeness (QED) is 0.622. The zero-order valence-electron chi connectivity index (χ0n) is 8.24. The molecule has 0 amide bonds. The maximum atomic E-state index is 3.19. The molecule has 13 heavy (non-hydrogen) atoms. The second-order valence-corrected chi connectivity index (χ2v) is 2.88. The van der Waals surface area contributed by atoms with E-state index in [-0.39, 0.29) is 19.5 Å². The van der Waals surface area contributed by atoms with Crippen molar-refractivity contribution in [2.75, 3.05) is 0 Å². The maximum absolute atomic E-state index is 3.19. The van der Waals surface area contributed by atoms with Crippen molar-refractivity contribution in [3.05, 3.63) is 41.2 Å². The Labute approximate surface area is 92.7 Å². The normalized spacial score (nSPS) is 11.0. The molecule has 0 atom stereocenters. The van der Waals surface area contributed by atoms with E-state index in [1.165, 1.54) is 16.8 Å². The van der Waals surface area contributed by atoms with Crippen LogP contribution in [0.3, 0.4) is 0 Å². The maximum Gasteiger partial charge on any atom is 0.0151 e. The Kier molecular flexibility index (Phi) is 5.65. The molecular formula is C11H15NRu. The van der Waals surface area contributed by atoms with Gasteiger partial charge in [-0.25, -0.2) is 0 Å².